The van der Waals surface area contributed by atoms with Gasteiger partial charge in [0.25, 0.3) is 0 Å². The average molecular weight is 505 g/mol. The summed E-state index contributed by atoms with van der Waals surface area (Å²) in [6.45, 7) is 15.1. The smallest absolute Gasteiger partial charge is 0.333 e. The van der Waals surface area contributed by atoms with Crippen molar-refractivity contribution >= 4 is 24.1 Å². The number of allylic oxidation sites excluding steroid dienone is 2. The first-order valence-corrected chi connectivity index (χ1v) is 12.2. The summed E-state index contributed by atoms with van der Waals surface area (Å²) in [5.41, 5.74) is 4.87. The SMILES string of the molecule is C=C(C)C(=O)OCCOc1ccc(Cc2ccc(OCCOC(=O)C(=C)C)c(C=CC)c2)cc1C=CC. The summed E-state index contributed by atoms with van der Waals surface area (Å²) in [4.78, 5) is 23.0. The van der Waals surface area contributed by atoms with E-state index >= 15 is 0 Å². The van der Waals surface area contributed by atoms with Gasteiger partial charge in [-0.25, -0.2) is 9.59 Å². The number of rotatable bonds is 14. The molecular formula is C31H36O6. The van der Waals surface area contributed by atoms with Crippen molar-refractivity contribution in [2.24, 2.45) is 0 Å². The summed E-state index contributed by atoms with van der Waals surface area (Å²) in [7, 11) is 0. The van der Waals surface area contributed by atoms with Gasteiger partial charge in [-0.1, -0.05) is 49.6 Å². The third kappa shape index (κ3) is 9.84. The van der Waals surface area contributed by atoms with E-state index < -0.39 is 11.9 Å². The first kappa shape index (κ1) is 29.2. The second-order valence-corrected chi connectivity index (χ2v) is 8.45. The minimum absolute atomic E-state index is 0.154. The van der Waals surface area contributed by atoms with E-state index in [-0.39, 0.29) is 26.4 Å². The zero-order valence-electron chi connectivity index (χ0n) is 22.2. The van der Waals surface area contributed by atoms with E-state index in [1.54, 1.807) is 13.8 Å². The van der Waals surface area contributed by atoms with Crippen LogP contribution in [0.4, 0.5) is 0 Å². The Bertz CT molecular complexity index is 1080. The van der Waals surface area contributed by atoms with E-state index in [9.17, 15) is 9.59 Å². The van der Waals surface area contributed by atoms with Gasteiger partial charge in [-0.05, 0) is 69.5 Å². The van der Waals surface area contributed by atoms with Gasteiger partial charge in [0.1, 0.15) is 37.9 Å². The lowest BCUT2D eigenvalue weighted by Gasteiger charge is -2.13. The zero-order chi connectivity index (χ0) is 27.2. The molecular weight excluding hydrogens is 468 g/mol. The van der Waals surface area contributed by atoms with Gasteiger partial charge in [-0.3, -0.25) is 0 Å². The van der Waals surface area contributed by atoms with Crippen LogP contribution in [0.1, 0.15) is 49.9 Å². The second-order valence-electron chi connectivity index (χ2n) is 8.45. The third-order valence-corrected chi connectivity index (χ3v) is 5.09. The van der Waals surface area contributed by atoms with Crippen LogP contribution in [-0.2, 0) is 25.5 Å². The Morgan fingerprint density at radius 3 is 1.46 bits per heavy atom. The van der Waals surface area contributed by atoms with E-state index in [0.717, 1.165) is 40.2 Å². The summed E-state index contributed by atoms with van der Waals surface area (Å²) in [6.07, 6.45) is 8.61. The first-order chi connectivity index (χ1) is 17.7. The topological polar surface area (TPSA) is 71.1 Å². The highest BCUT2D eigenvalue weighted by molar-refractivity contribution is 5.87. The van der Waals surface area contributed by atoms with E-state index in [2.05, 4.69) is 25.3 Å². The average Bonchev–Trinajstić information content (AvgIpc) is 2.86. The molecule has 2 aromatic carbocycles. The van der Waals surface area contributed by atoms with Crippen LogP contribution >= 0.6 is 0 Å². The lowest BCUT2D eigenvalue weighted by molar-refractivity contribution is -0.140. The highest BCUT2D eigenvalue weighted by Crippen LogP contribution is 2.26. The number of benzene rings is 2. The maximum atomic E-state index is 11.5. The minimum atomic E-state index is -0.424. The van der Waals surface area contributed by atoms with E-state index in [1.807, 2.05) is 62.4 Å². The first-order valence-electron chi connectivity index (χ1n) is 12.2. The van der Waals surface area contributed by atoms with Gasteiger partial charge >= 0.3 is 11.9 Å². The molecule has 2 rings (SSSR count). The molecule has 0 aliphatic rings. The van der Waals surface area contributed by atoms with Crippen molar-refractivity contribution in [3.05, 3.63) is 95.1 Å². The molecule has 0 aliphatic heterocycles. The van der Waals surface area contributed by atoms with E-state index in [1.165, 1.54) is 0 Å². The van der Waals surface area contributed by atoms with Crippen molar-refractivity contribution in [2.75, 3.05) is 26.4 Å². The van der Waals surface area contributed by atoms with Crippen LogP contribution in [-0.4, -0.2) is 38.4 Å². The number of carbonyl (C=O) groups excluding carboxylic acids is 2. The summed E-state index contributed by atoms with van der Waals surface area (Å²) >= 11 is 0. The number of esters is 2. The predicted molar refractivity (Wildman–Crippen MR) is 148 cm³/mol. The molecule has 0 fully saturated rings. The zero-order valence-corrected chi connectivity index (χ0v) is 22.2. The summed E-state index contributed by atoms with van der Waals surface area (Å²) in [5, 5.41) is 0. The van der Waals surface area contributed by atoms with Crippen LogP contribution in [0, 0.1) is 0 Å². The molecule has 6 heteroatoms. The molecule has 0 N–H and O–H groups in total. The fourth-order valence-electron chi connectivity index (χ4n) is 3.35. The van der Waals surface area contributed by atoms with Crippen LogP contribution in [0.15, 0.2) is 72.9 Å². The van der Waals surface area contributed by atoms with Crippen molar-refractivity contribution in [1.29, 1.82) is 0 Å². The van der Waals surface area contributed by atoms with Crippen molar-refractivity contribution < 1.29 is 28.5 Å². The number of hydrogen-bond donors (Lipinski definition) is 0. The van der Waals surface area contributed by atoms with Crippen molar-refractivity contribution in [2.45, 2.75) is 34.1 Å². The molecule has 0 amide bonds. The molecule has 0 saturated carbocycles. The fraction of sp³-hybridized carbons (Fsp3) is 0.290. The Balaban J connectivity index is 2.06. The normalized spacial score (nSPS) is 10.9. The van der Waals surface area contributed by atoms with Crippen molar-refractivity contribution in [3.8, 4) is 11.5 Å². The lowest BCUT2D eigenvalue weighted by atomic mass is 10.00. The van der Waals surface area contributed by atoms with Crippen LogP contribution in [0.25, 0.3) is 12.2 Å². The molecule has 0 aromatic heterocycles. The molecule has 0 bridgehead atoms. The van der Waals surface area contributed by atoms with Crippen LogP contribution < -0.4 is 9.47 Å². The Morgan fingerprint density at radius 2 is 1.11 bits per heavy atom. The van der Waals surface area contributed by atoms with Crippen LogP contribution in [0.2, 0.25) is 0 Å². The number of carbonyl (C=O) groups is 2. The van der Waals surface area contributed by atoms with Gasteiger partial charge < -0.3 is 18.9 Å². The number of ether oxygens (including phenoxy) is 4. The van der Waals surface area contributed by atoms with E-state index in [0.29, 0.717) is 11.1 Å². The molecule has 0 heterocycles. The van der Waals surface area contributed by atoms with Gasteiger partial charge in [-0.15, -0.1) is 0 Å². The Hall–Kier alpha value is -4.06. The quantitative estimate of drug-likeness (QED) is 0.170. The Labute approximate surface area is 219 Å². The lowest BCUT2D eigenvalue weighted by Crippen LogP contribution is -2.13. The maximum absolute atomic E-state index is 11.5. The molecule has 6 nitrogen and oxygen atoms in total. The number of hydrogen-bond acceptors (Lipinski definition) is 6. The van der Waals surface area contributed by atoms with Gasteiger partial charge in [0.2, 0.25) is 0 Å². The molecule has 196 valence electrons. The molecule has 0 spiro atoms. The molecule has 0 saturated heterocycles. The molecule has 0 radical (unpaired) electrons. The Morgan fingerprint density at radius 1 is 0.703 bits per heavy atom. The standard InChI is InChI=1S/C31H36O6/c1-7-9-26-20-24(11-13-28(26)34-15-17-36-30(32)22(3)4)19-25-12-14-29(27(21-25)10-8-2)35-16-18-37-31(33)23(5)6/h7-14,20-21H,3,5,15-19H2,1-2,4,6H3. The van der Waals surface area contributed by atoms with Crippen molar-refractivity contribution in [3.63, 3.8) is 0 Å². The molecule has 0 aliphatic carbocycles. The monoisotopic (exact) mass is 504 g/mol. The van der Waals surface area contributed by atoms with Gasteiger partial charge in [-0.2, -0.15) is 0 Å². The van der Waals surface area contributed by atoms with Crippen molar-refractivity contribution in [1.82, 2.24) is 0 Å². The van der Waals surface area contributed by atoms with Gasteiger partial charge in [0.15, 0.2) is 0 Å². The summed E-state index contributed by atoms with van der Waals surface area (Å²) in [5.74, 6) is 0.595. The third-order valence-electron chi connectivity index (χ3n) is 5.09. The van der Waals surface area contributed by atoms with Crippen LogP contribution in [0.3, 0.4) is 0 Å². The van der Waals surface area contributed by atoms with E-state index in [4.69, 9.17) is 18.9 Å². The largest absolute Gasteiger partial charge is 0.489 e. The minimum Gasteiger partial charge on any atom is -0.489 e. The van der Waals surface area contributed by atoms with Gasteiger partial charge in [0, 0.05) is 22.3 Å². The summed E-state index contributed by atoms with van der Waals surface area (Å²) in [6, 6.07) is 12.1. The molecule has 37 heavy (non-hydrogen) atoms. The fourth-order valence-corrected chi connectivity index (χ4v) is 3.35. The Kier molecular flexibility index (Phi) is 11.9. The highest BCUT2D eigenvalue weighted by atomic mass is 16.6. The maximum Gasteiger partial charge on any atom is 0.333 e. The summed E-state index contributed by atoms with van der Waals surface area (Å²) < 4.78 is 21.9. The highest BCUT2D eigenvalue weighted by Gasteiger charge is 2.09. The molecule has 2 aromatic rings. The predicted octanol–water partition coefficient (Wildman–Crippen LogP) is 6.34. The molecule has 0 unspecified atom stereocenters. The van der Waals surface area contributed by atoms with Crippen LogP contribution in [0.5, 0.6) is 11.5 Å². The van der Waals surface area contributed by atoms with Gasteiger partial charge in [0.05, 0.1) is 0 Å². The second kappa shape index (κ2) is 15.1. The molecule has 0 atom stereocenters.